The SMILES string of the molecule is COc1ccc(CCNC(=O)c2cncc(C(=O)N3CCCCC3)c2)cc1OC. The van der Waals surface area contributed by atoms with E-state index in [-0.39, 0.29) is 11.8 Å². The molecule has 3 rings (SSSR count). The maximum absolute atomic E-state index is 12.6. The number of nitrogens with zero attached hydrogens (tertiary/aromatic N) is 2. The summed E-state index contributed by atoms with van der Waals surface area (Å²) in [6.45, 7) is 1.99. The van der Waals surface area contributed by atoms with Crippen LogP contribution in [-0.4, -0.2) is 55.6 Å². The van der Waals surface area contributed by atoms with E-state index in [2.05, 4.69) is 10.3 Å². The molecule has 0 unspecified atom stereocenters. The summed E-state index contributed by atoms with van der Waals surface area (Å²) in [6, 6.07) is 7.29. The number of ether oxygens (including phenoxy) is 2. The number of likely N-dealkylation sites (tertiary alicyclic amines) is 1. The van der Waals surface area contributed by atoms with Crippen molar-refractivity contribution in [2.45, 2.75) is 25.7 Å². The maximum Gasteiger partial charge on any atom is 0.255 e. The Labute approximate surface area is 171 Å². The minimum atomic E-state index is -0.244. The molecule has 1 aliphatic heterocycles. The van der Waals surface area contributed by atoms with E-state index in [0.29, 0.717) is 35.6 Å². The van der Waals surface area contributed by atoms with Crippen molar-refractivity contribution >= 4 is 11.8 Å². The Balaban J connectivity index is 1.57. The third-order valence-corrected chi connectivity index (χ3v) is 5.04. The second-order valence-electron chi connectivity index (χ2n) is 7.01. The van der Waals surface area contributed by atoms with E-state index in [0.717, 1.165) is 37.9 Å². The molecule has 0 radical (unpaired) electrons. The highest BCUT2D eigenvalue weighted by molar-refractivity contribution is 5.99. The molecule has 0 saturated carbocycles. The summed E-state index contributed by atoms with van der Waals surface area (Å²) in [4.78, 5) is 31.0. The first-order chi connectivity index (χ1) is 14.1. The number of amides is 2. The van der Waals surface area contributed by atoms with Crippen LogP contribution in [0.5, 0.6) is 11.5 Å². The lowest BCUT2D eigenvalue weighted by Gasteiger charge is -2.26. The molecule has 1 aliphatic rings. The third kappa shape index (κ3) is 5.25. The first kappa shape index (κ1) is 20.6. The minimum Gasteiger partial charge on any atom is -0.493 e. The molecule has 29 heavy (non-hydrogen) atoms. The van der Waals surface area contributed by atoms with E-state index < -0.39 is 0 Å². The summed E-state index contributed by atoms with van der Waals surface area (Å²) in [7, 11) is 3.19. The lowest BCUT2D eigenvalue weighted by Crippen LogP contribution is -2.35. The van der Waals surface area contributed by atoms with Crippen LogP contribution >= 0.6 is 0 Å². The highest BCUT2D eigenvalue weighted by Gasteiger charge is 2.19. The molecule has 1 saturated heterocycles. The fourth-order valence-electron chi connectivity index (χ4n) is 3.42. The van der Waals surface area contributed by atoms with E-state index >= 15 is 0 Å². The van der Waals surface area contributed by atoms with Crippen molar-refractivity contribution in [2.24, 2.45) is 0 Å². The summed E-state index contributed by atoms with van der Waals surface area (Å²) in [5, 5.41) is 2.88. The molecular formula is C22H27N3O4. The monoisotopic (exact) mass is 397 g/mol. The van der Waals surface area contributed by atoms with Gasteiger partial charge < -0.3 is 19.7 Å². The van der Waals surface area contributed by atoms with Gasteiger partial charge in [0.25, 0.3) is 11.8 Å². The third-order valence-electron chi connectivity index (χ3n) is 5.04. The number of rotatable bonds is 7. The van der Waals surface area contributed by atoms with Crippen molar-refractivity contribution in [2.75, 3.05) is 33.9 Å². The molecule has 0 aliphatic carbocycles. The number of pyridine rings is 1. The fourth-order valence-corrected chi connectivity index (χ4v) is 3.42. The van der Waals surface area contributed by atoms with Gasteiger partial charge in [0.1, 0.15) is 0 Å². The van der Waals surface area contributed by atoms with E-state index in [4.69, 9.17) is 9.47 Å². The summed E-state index contributed by atoms with van der Waals surface area (Å²) in [6.07, 6.45) is 6.86. The Kier molecular flexibility index (Phi) is 7.05. The quantitative estimate of drug-likeness (QED) is 0.777. The molecule has 7 nitrogen and oxygen atoms in total. The Bertz CT molecular complexity index is 863. The number of carbonyl (C=O) groups is 2. The van der Waals surface area contributed by atoms with E-state index in [9.17, 15) is 9.59 Å². The van der Waals surface area contributed by atoms with Crippen LogP contribution in [-0.2, 0) is 6.42 Å². The number of hydrogen-bond acceptors (Lipinski definition) is 5. The van der Waals surface area contributed by atoms with Gasteiger partial charge in [0, 0.05) is 32.0 Å². The average molecular weight is 397 g/mol. The number of methoxy groups -OCH3 is 2. The van der Waals surface area contributed by atoms with Crippen LogP contribution in [0, 0.1) is 0 Å². The lowest BCUT2D eigenvalue weighted by molar-refractivity contribution is 0.0724. The van der Waals surface area contributed by atoms with Crippen LogP contribution in [0.15, 0.2) is 36.7 Å². The Morgan fingerprint density at radius 1 is 1.00 bits per heavy atom. The standard InChI is InChI=1S/C22H27N3O4/c1-28-19-7-6-16(12-20(19)29-2)8-9-24-21(26)17-13-18(15-23-14-17)22(27)25-10-4-3-5-11-25/h6-7,12-15H,3-5,8-11H2,1-2H3,(H,24,26). The highest BCUT2D eigenvalue weighted by atomic mass is 16.5. The van der Waals surface area contributed by atoms with Gasteiger partial charge in [-0.05, 0) is 49.4 Å². The Morgan fingerprint density at radius 2 is 1.72 bits per heavy atom. The zero-order valence-corrected chi connectivity index (χ0v) is 16.9. The number of nitrogens with one attached hydrogen (secondary N) is 1. The summed E-state index contributed by atoms with van der Waals surface area (Å²) < 4.78 is 10.5. The van der Waals surface area contributed by atoms with Gasteiger partial charge in [-0.3, -0.25) is 14.6 Å². The first-order valence-corrected chi connectivity index (χ1v) is 9.86. The van der Waals surface area contributed by atoms with Crippen molar-refractivity contribution in [1.82, 2.24) is 15.2 Å². The van der Waals surface area contributed by atoms with Gasteiger partial charge in [0.2, 0.25) is 0 Å². The maximum atomic E-state index is 12.6. The smallest absolute Gasteiger partial charge is 0.255 e. The normalized spacial score (nSPS) is 13.7. The molecule has 0 bridgehead atoms. The van der Waals surface area contributed by atoms with E-state index in [1.165, 1.54) is 12.4 Å². The van der Waals surface area contributed by atoms with Gasteiger partial charge in [0.15, 0.2) is 11.5 Å². The Morgan fingerprint density at radius 3 is 2.45 bits per heavy atom. The number of carbonyl (C=O) groups excluding carboxylic acids is 2. The zero-order chi connectivity index (χ0) is 20.6. The summed E-state index contributed by atoms with van der Waals surface area (Å²) >= 11 is 0. The second-order valence-corrected chi connectivity index (χ2v) is 7.01. The molecule has 1 N–H and O–H groups in total. The molecule has 2 amide bonds. The zero-order valence-electron chi connectivity index (χ0n) is 16.9. The summed E-state index contributed by atoms with van der Waals surface area (Å²) in [5.41, 5.74) is 1.87. The molecule has 0 atom stereocenters. The molecule has 2 heterocycles. The largest absolute Gasteiger partial charge is 0.493 e. The van der Waals surface area contributed by atoms with Gasteiger partial charge in [-0.2, -0.15) is 0 Å². The van der Waals surface area contributed by atoms with E-state index in [1.54, 1.807) is 20.3 Å². The van der Waals surface area contributed by atoms with Gasteiger partial charge in [-0.15, -0.1) is 0 Å². The molecular weight excluding hydrogens is 370 g/mol. The van der Waals surface area contributed by atoms with Crippen LogP contribution in [0.1, 0.15) is 45.5 Å². The molecule has 154 valence electrons. The van der Waals surface area contributed by atoms with Gasteiger partial charge in [0.05, 0.1) is 25.3 Å². The topological polar surface area (TPSA) is 80.8 Å². The minimum absolute atomic E-state index is 0.0582. The number of aromatic nitrogens is 1. The van der Waals surface area contributed by atoms with Crippen LogP contribution < -0.4 is 14.8 Å². The van der Waals surface area contributed by atoms with Crippen molar-refractivity contribution in [3.8, 4) is 11.5 Å². The number of benzene rings is 1. The highest BCUT2D eigenvalue weighted by Crippen LogP contribution is 2.27. The lowest BCUT2D eigenvalue weighted by atomic mass is 10.1. The molecule has 1 fully saturated rings. The summed E-state index contributed by atoms with van der Waals surface area (Å²) in [5.74, 6) is 1.02. The average Bonchev–Trinajstić information content (AvgIpc) is 2.79. The van der Waals surface area contributed by atoms with Gasteiger partial charge in [-0.1, -0.05) is 6.07 Å². The van der Waals surface area contributed by atoms with Crippen molar-refractivity contribution < 1.29 is 19.1 Å². The van der Waals surface area contributed by atoms with Crippen molar-refractivity contribution in [1.29, 1.82) is 0 Å². The van der Waals surface area contributed by atoms with Crippen LogP contribution in [0.2, 0.25) is 0 Å². The Hall–Kier alpha value is -3.09. The molecule has 2 aromatic rings. The number of hydrogen-bond donors (Lipinski definition) is 1. The molecule has 0 spiro atoms. The van der Waals surface area contributed by atoms with E-state index in [1.807, 2.05) is 23.1 Å². The molecule has 1 aromatic heterocycles. The molecule has 7 heteroatoms. The second kappa shape index (κ2) is 9.91. The van der Waals surface area contributed by atoms with Crippen LogP contribution in [0.3, 0.4) is 0 Å². The first-order valence-electron chi connectivity index (χ1n) is 9.86. The van der Waals surface area contributed by atoms with Crippen LogP contribution in [0.25, 0.3) is 0 Å². The van der Waals surface area contributed by atoms with Gasteiger partial charge >= 0.3 is 0 Å². The van der Waals surface area contributed by atoms with Crippen LogP contribution in [0.4, 0.5) is 0 Å². The predicted molar refractivity (Wildman–Crippen MR) is 110 cm³/mol. The van der Waals surface area contributed by atoms with Crippen molar-refractivity contribution in [3.05, 3.63) is 53.3 Å². The van der Waals surface area contributed by atoms with Crippen molar-refractivity contribution in [3.63, 3.8) is 0 Å². The van der Waals surface area contributed by atoms with Gasteiger partial charge in [-0.25, -0.2) is 0 Å². The number of piperidine rings is 1. The fraction of sp³-hybridized carbons (Fsp3) is 0.409. The predicted octanol–water partition coefficient (Wildman–Crippen LogP) is 2.70. The molecule has 1 aromatic carbocycles.